The van der Waals surface area contributed by atoms with Crippen molar-refractivity contribution in [2.45, 2.75) is 98.8 Å². The third kappa shape index (κ3) is 5.53. The van der Waals surface area contributed by atoms with Gasteiger partial charge in [-0.3, -0.25) is 0 Å². The van der Waals surface area contributed by atoms with E-state index in [4.69, 9.17) is 4.98 Å². The van der Waals surface area contributed by atoms with Gasteiger partial charge in [-0.2, -0.15) is 0 Å². The van der Waals surface area contributed by atoms with Crippen molar-refractivity contribution in [2.24, 2.45) is 0 Å². The monoisotopic (exact) mass is 509 g/mol. The van der Waals surface area contributed by atoms with Crippen molar-refractivity contribution in [2.75, 3.05) is 0 Å². The zero-order valence-electron chi connectivity index (χ0n) is 19.2. The summed E-state index contributed by atoms with van der Waals surface area (Å²) in [6.45, 7) is 13.0. The molecule has 6 heteroatoms. The van der Waals surface area contributed by atoms with Crippen LogP contribution in [0.4, 0.5) is 4.79 Å². The molecule has 1 N–H and O–H groups in total. The van der Waals surface area contributed by atoms with Crippen LogP contribution in [-0.2, 0) is 5.41 Å². The first-order chi connectivity index (χ1) is 13.7. The third-order valence-electron chi connectivity index (χ3n) is 6.02. The van der Waals surface area contributed by atoms with E-state index in [0.29, 0.717) is 11.5 Å². The fourth-order valence-electron chi connectivity index (χ4n) is 4.26. The van der Waals surface area contributed by atoms with Gasteiger partial charge in [0.25, 0.3) is 0 Å². The second kappa shape index (κ2) is 10.3. The van der Waals surface area contributed by atoms with Crippen molar-refractivity contribution in [3.63, 3.8) is 0 Å². The van der Waals surface area contributed by atoms with Crippen LogP contribution in [0.25, 0.3) is 11.0 Å². The molecule has 0 atom stereocenters. The number of hydrogen-bond acceptors (Lipinski definition) is 3. The topological polar surface area (TPSA) is 68.0 Å². The maximum absolute atomic E-state index is 12.1. The summed E-state index contributed by atoms with van der Waals surface area (Å²) in [7, 11) is 0. The van der Waals surface area contributed by atoms with E-state index in [9.17, 15) is 9.90 Å². The zero-order chi connectivity index (χ0) is 21.7. The van der Waals surface area contributed by atoms with E-state index in [1.165, 1.54) is 60.0 Å². The van der Waals surface area contributed by atoms with Crippen LogP contribution >= 0.6 is 0 Å². The molecular formula is C23H39N3O2Sn. The Bertz CT molecular complexity index is 802. The van der Waals surface area contributed by atoms with E-state index in [2.05, 4.69) is 46.5 Å². The van der Waals surface area contributed by atoms with Gasteiger partial charge in [0, 0.05) is 0 Å². The van der Waals surface area contributed by atoms with Crippen molar-refractivity contribution in [1.82, 2.24) is 14.5 Å². The van der Waals surface area contributed by atoms with E-state index in [-0.39, 0.29) is 5.41 Å². The first-order valence-corrected chi connectivity index (χ1v) is 18.8. The van der Waals surface area contributed by atoms with Gasteiger partial charge in [0.05, 0.1) is 0 Å². The van der Waals surface area contributed by atoms with E-state index < -0.39 is 24.5 Å². The first kappa shape index (κ1) is 24.2. The van der Waals surface area contributed by atoms with Crippen LogP contribution in [0.5, 0.6) is 0 Å². The first-order valence-electron chi connectivity index (χ1n) is 11.3. The molecule has 0 aliphatic carbocycles. The molecular weight excluding hydrogens is 469 g/mol. The van der Waals surface area contributed by atoms with Crippen LogP contribution in [0.15, 0.2) is 12.4 Å². The standard InChI is InChI=1S/C11H12N3O2.3C4H9.Sn/c1-11(2,3)9-12-6-7-4-5-14(10(15)16)8(7)13-9;3*1-3-4-2;/h5-6H,1-3H3,(H,15,16);3*1,3-4H2,2H3;. The van der Waals surface area contributed by atoms with Gasteiger partial charge in [0.2, 0.25) is 0 Å². The summed E-state index contributed by atoms with van der Waals surface area (Å²) in [5, 5.41) is 10.9. The molecule has 0 saturated heterocycles. The molecule has 2 aromatic rings. The molecule has 0 aliphatic rings. The van der Waals surface area contributed by atoms with Crippen molar-refractivity contribution in [1.29, 1.82) is 0 Å². The Morgan fingerprint density at radius 2 is 1.55 bits per heavy atom. The van der Waals surface area contributed by atoms with Crippen molar-refractivity contribution < 1.29 is 9.90 Å². The SMILES string of the molecule is CCC[CH2][Sn]([CH2]CCC)([CH2]CCC)[c]1cn(C(=O)O)c2nc(C(C)(C)C)ncc12. The molecule has 0 spiro atoms. The van der Waals surface area contributed by atoms with Gasteiger partial charge in [-0.25, -0.2) is 0 Å². The molecule has 0 radical (unpaired) electrons. The van der Waals surface area contributed by atoms with E-state index >= 15 is 0 Å². The normalized spacial score (nSPS) is 12.6. The molecule has 0 unspecified atom stereocenters. The summed E-state index contributed by atoms with van der Waals surface area (Å²) in [4.78, 5) is 21.5. The van der Waals surface area contributed by atoms with Gasteiger partial charge >= 0.3 is 181 Å². The number of carbonyl (C=O) groups is 1. The molecule has 0 amide bonds. The molecule has 2 heterocycles. The predicted molar refractivity (Wildman–Crippen MR) is 124 cm³/mol. The summed E-state index contributed by atoms with van der Waals surface area (Å²) in [6.07, 6.45) is 10.2. The molecule has 0 fully saturated rings. The van der Waals surface area contributed by atoms with E-state index in [1.807, 2.05) is 12.4 Å². The maximum atomic E-state index is 12.1. The zero-order valence-corrected chi connectivity index (χ0v) is 22.1. The number of unbranched alkanes of at least 4 members (excludes halogenated alkanes) is 3. The second-order valence-corrected chi connectivity index (χ2v) is 22.6. The van der Waals surface area contributed by atoms with Crippen molar-refractivity contribution in [3.05, 3.63) is 18.2 Å². The molecule has 0 aliphatic heterocycles. The van der Waals surface area contributed by atoms with Crippen LogP contribution in [0.3, 0.4) is 0 Å². The Morgan fingerprint density at radius 3 is 1.97 bits per heavy atom. The minimum absolute atomic E-state index is 0.213. The Labute approximate surface area is 180 Å². The average molecular weight is 508 g/mol. The molecule has 2 aromatic heterocycles. The second-order valence-electron chi connectivity index (χ2n) is 9.47. The molecule has 0 bridgehead atoms. The number of hydrogen-bond donors (Lipinski definition) is 1. The molecule has 5 nitrogen and oxygen atoms in total. The molecule has 162 valence electrons. The van der Waals surface area contributed by atoms with Gasteiger partial charge in [-0.15, -0.1) is 0 Å². The Kier molecular flexibility index (Phi) is 8.56. The number of fused-ring (bicyclic) bond motifs is 1. The average Bonchev–Trinajstić information content (AvgIpc) is 3.07. The van der Waals surface area contributed by atoms with E-state index in [0.717, 1.165) is 5.39 Å². The van der Waals surface area contributed by atoms with Gasteiger partial charge in [0.15, 0.2) is 0 Å². The van der Waals surface area contributed by atoms with Crippen molar-refractivity contribution >= 4 is 39.1 Å². The minimum atomic E-state index is -2.80. The van der Waals surface area contributed by atoms with Gasteiger partial charge in [-0.1, -0.05) is 0 Å². The van der Waals surface area contributed by atoms with Crippen LogP contribution in [0, 0.1) is 0 Å². The van der Waals surface area contributed by atoms with Gasteiger partial charge in [-0.05, 0) is 0 Å². The van der Waals surface area contributed by atoms with Crippen LogP contribution < -0.4 is 3.58 Å². The van der Waals surface area contributed by atoms with E-state index in [1.54, 1.807) is 0 Å². The number of aromatic nitrogens is 3. The molecule has 0 saturated carbocycles. The van der Waals surface area contributed by atoms with Crippen LogP contribution in [0.2, 0.25) is 13.3 Å². The van der Waals surface area contributed by atoms with Gasteiger partial charge < -0.3 is 0 Å². The van der Waals surface area contributed by atoms with Crippen molar-refractivity contribution in [3.8, 4) is 0 Å². The number of carboxylic acid groups (broad SMARTS) is 1. The fraction of sp³-hybridized carbons (Fsp3) is 0.696. The number of nitrogens with zero attached hydrogens (tertiary/aromatic N) is 3. The third-order valence-corrected chi connectivity index (χ3v) is 21.6. The summed E-state index contributed by atoms with van der Waals surface area (Å²) >= 11 is -2.80. The van der Waals surface area contributed by atoms with Gasteiger partial charge in [0.1, 0.15) is 0 Å². The summed E-state index contributed by atoms with van der Waals surface area (Å²) in [5.74, 6) is 0.702. The fourth-order valence-corrected chi connectivity index (χ4v) is 20.8. The Hall–Kier alpha value is -1.11. The molecule has 29 heavy (non-hydrogen) atoms. The quantitative estimate of drug-likeness (QED) is 0.382. The Morgan fingerprint density at radius 1 is 1.03 bits per heavy atom. The summed E-state index contributed by atoms with van der Waals surface area (Å²) < 4.78 is 6.60. The number of rotatable bonds is 10. The predicted octanol–water partition coefficient (Wildman–Crippen LogP) is 6.31. The Balaban J connectivity index is 2.73. The summed E-state index contributed by atoms with van der Waals surface area (Å²) in [6, 6.07) is 0. The summed E-state index contributed by atoms with van der Waals surface area (Å²) in [5.41, 5.74) is 0.368. The van der Waals surface area contributed by atoms with Crippen LogP contribution in [-0.4, -0.2) is 44.1 Å². The molecule has 2 rings (SSSR count). The molecule has 0 aromatic carbocycles. The van der Waals surface area contributed by atoms with Crippen LogP contribution in [0.1, 0.15) is 85.9 Å².